The topological polar surface area (TPSA) is 63.5 Å². The number of nitrogens with one attached hydrogen (secondary N) is 2. The SMILES string of the molecule is CCOCCCNC(=NC)NCCc1nccn1Cc1ccccc1. The summed E-state index contributed by atoms with van der Waals surface area (Å²) in [4.78, 5) is 8.72. The number of guanidine groups is 1. The van der Waals surface area contributed by atoms with Gasteiger partial charge in [-0.2, -0.15) is 0 Å². The van der Waals surface area contributed by atoms with Crippen LogP contribution in [0.4, 0.5) is 0 Å². The van der Waals surface area contributed by atoms with Gasteiger partial charge in [-0.05, 0) is 18.9 Å². The molecule has 136 valence electrons. The summed E-state index contributed by atoms with van der Waals surface area (Å²) in [5.41, 5.74) is 1.28. The largest absolute Gasteiger partial charge is 0.382 e. The number of ether oxygens (including phenoxy) is 1. The quantitative estimate of drug-likeness (QED) is 0.394. The van der Waals surface area contributed by atoms with Crippen LogP contribution >= 0.6 is 0 Å². The summed E-state index contributed by atoms with van der Waals surface area (Å²) in [5, 5.41) is 6.63. The van der Waals surface area contributed by atoms with Crippen LogP contribution in [0.25, 0.3) is 0 Å². The van der Waals surface area contributed by atoms with Crippen molar-refractivity contribution in [3.8, 4) is 0 Å². The molecule has 2 N–H and O–H groups in total. The smallest absolute Gasteiger partial charge is 0.190 e. The summed E-state index contributed by atoms with van der Waals surface area (Å²) in [6, 6.07) is 10.4. The van der Waals surface area contributed by atoms with E-state index in [-0.39, 0.29) is 0 Å². The molecule has 0 atom stereocenters. The van der Waals surface area contributed by atoms with Crippen LogP contribution in [-0.4, -0.2) is 48.9 Å². The van der Waals surface area contributed by atoms with E-state index in [1.807, 2.05) is 25.4 Å². The zero-order valence-corrected chi connectivity index (χ0v) is 15.2. The van der Waals surface area contributed by atoms with E-state index in [1.54, 1.807) is 7.05 Å². The van der Waals surface area contributed by atoms with Crippen molar-refractivity contribution >= 4 is 5.96 Å². The van der Waals surface area contributed by atoms with Crippen molar-refractivity contribution < 1.29 is 4.74 Å². The molecule has 0 aliphatic rings. The molecule has 0 spiro atoms. The number of aromatic nitrogens is 2. The maximum Gasteiger partial charge on any atom is 0.190 e. The van der Waals surface area contributed by atoms with Crippen molar-refractivity contribution in [2.45, 2.75) is 26.3 Å². The van der Waals surface area contributed by atoms with Gasteiger partial charge in [0.2, 0.25) is 0 Å². The van der Waals surface area contributed by atoms with Crippen molar-refractivity contribution in [3.63, 3.8) is 0 Å². The third-order valence-electron chi connectivity index (χ3n) is 3.82. The highest BCUT2D eigenvalue weighted by Gasteiger charge is 2.04. The van der Waals surface area contributed by atoms with Gasteiger partial charge in [-0.3, -0.25) is 4.99 Å². The second-order valence-electron chi connectivity index (χ2n) is 5.68. The van der Waals surface area contributed by atoms with E-state index in [9.17, 15) is 0 Å². The fraction of sp³-hybridized carbons (Fsp3) is 0.474. The van der Waals surface area contributed by atoms with Gasteiger partial charge in [-0.25, -0.2) is 4.98 Å². The molecule has 0 amide bonds. The predicted molar refractivity (Wildman–Crippen MR) is 102 cm³/mol. The molecule has 1 heterocycles. The molecular weight excluding hydrogens is 314 g/mol. The summed E-state index contributed by atoms with van der Waals surface area (Å²) in [5.74, 6) is 1.89. The van der Waals surface area contributed by atoms with E-state index >= 15 is 0 Å². The number of hydrogen-bond acceptors (Lipinski definition) is 3. The molecule has 0 aliphatic heterocycles. The lowest BCUT2D eigenvalue weighted by atomic mass is 10.2. The third-order valence-corrected chi connectivity index (χ3v) is 3.82. The van der Waals surface area contributed by atoms with Crippen molar-refractivity contribution in [2.24, 2.45) is 4.99 Å². The van der Waals surface area contributed by atoms with Gasteiger partial charge in [0.1, 0.15) is 5.82 Å². The van der Waals surface area contributed by atoms with Crippen LogP contribution in [0.2, 0.25) is 0 Å². The number of aliphatic imine (C=N–C) groups is 1. The van der Waals surface area contributed by atoms with E-state index < -0.39 is 0 Å². The second-order valence-corrected chi connectivity index (χ2v) is 5.68. The summed E-state index contributed by atoms with van der Waals surface area (Å²) in [7, 11) is 1.79. The Kier molecular flexibility index (Phi) is 8.55. The Morgan fingerprint density at radius 2 is 2.00 bits per heavy atom. The normalized spacial score (nSPS) is 11.5. The maximum absolute atomic E-state index is 5.33. The van der Waals surface area contributed by atoms with E-state index in [2.05, 4.69) is 49.4 Å². The van der Waals surface area contributed by atoms with E-state index in [1.165, 1.54) is 5.56 Å². The lowest BCUT2D eigenvalue weighted by Crippen LogP contribution is -2.39. The minimum atomic E-state index is 0.766. The molecule has 0 unspecified atom stereocenters. The van der Waals surface area contributed by atoms with E-state index in [0.29, 0.717) is 0 Å². The molecule has 0 saturated carbocycles. The molecule has 1 aromatic heterocycles. The monoisotopic (exact) mass is 343 g/mol. The molecule has 0 radical (unpaired) electrons. The van der Waals surface area contributed by atoms with Crippen molar-refractivity contribution in [1.29, 1.82) is 0 Å². The van der Waals surface area contributed by atoms with Gasteiger partial charge >= 0.3 is 0 Å². The number of imidazole rings is 1. The molecule has 0 aliphatic carbocycles. The molecule has 25 heavy (non-hydrogen) atoms. The van der Waals surface area contributed by atoms with Crippen molar-refractivity contribution in [2.75, 3.05) is 33.4 Å². The Morgan fingerprint density at radius 3 is 2.76 bits per heavy atom. The Morgan fingerprint density at radius 1 is 1.20 bits per heavy atom. The van der Waals surface area contributed by atoms with Crippen LogP contribution < -0.4 is 10.6 Å². The average molecular weight is 343 g/mol. The van der Waals surface area contributed by atoms with Crippen LogP contribution in [-0.2, 0) is 17.7 Å². The summed E-state index contributed by atoms with van der Waals surface area (Å²) < 4.78 is 7.52. The van der Waals surface area contributed by atoms with Gasteiger partial charge in [0.15, 0.2) is 5.96 Å². The number of benzene rings is 1. The van der Waals surface area contributed by atoms with Gasteiger partial charge in [-0.15, -0.1) is 0 Å². The molecule has 0 bridgehead atoms. The maximum atomic E-state index is 5.33. The molecule has 0 fully saturated rings. The average Bonchev–Trinajstić information content (AvgIpc) is 3.08. The first kappa shape index (κ1) is 19.0. The summed E-state index contributed by atoms with van der Waals surface area (Å²) in [6.45, 7) is 6.04. The highest BCUT2D eigenvalue weighted by atomic mass is 16.5. The lowest BCUT2D eigenvalue weighted by Gasteiger charge is -2.12. The molecule has 0 saturated heterocycles. The van der Waals surface area contributed by atoms with Gasteiger partial charge in [0.05, 0.1) is 0 Å². The van der Waals surface area contributed by atoms with Crippen LogP contribution in [0.1, 0.15) is 24.7 Å². The van der Waals surface area contributed by atoms with Crippen LogP contribution in [0.15, 0.2) is 47.7 Å². The fourth-order valence-corrected chi connectivity index (χ4v) is 2.53. The molecule has 2 rings (SSSR count). The van der Waals surface area contributed by atoms with Gasteiger partial charge in [0.25, 0.3) is 0 Å². The lowest BCUT2D eigenvalue weighted by molar-refractivity contribution is 0.145. The summed E-state index contributed by atoms with van der Waals surface area (Å²) >= 11 is 0. The minimum absolute atomic E-state index is 0.766. The predicted octanol–water partition coefficient (Wildman–Crippen LogP) is 2.07. The molecule has 1 aromatic carbocycles. The molecule has 6 nitrogen and oxygen atoms in total. The first-order valence-electron chi connectivity index (χ1n) is 8.89. The number of nitrogens with zero attached hydrogens (tertiary/aromatic N) is 3. The van der Waals surface area contributed by atoms with Crippen LogP contribution in [0.3, 0.4) is 0 Å². The van der Waals surface area contributed by atoms with Crippen molar-refractivity contribution in [1.82, 2.24) is 20.2 Å². The van der Waals surface area contributed by atoms with E-state index in [4.69, 9.17) is 4.74 Å². The highest BCUT2D eigenvalue weighted by molar-refractivity contribution is 5.79. The van der Waals surface area contributed by atoms with Crippen LogP contribution in [0, 0.1) is 0 Å². The first-order valence-corrected chi connectivity index (χ1v) is 8.89. The minimum Gasteiger partial charge on any atom is -0.382 e. The summed E-state index contributed by atoms with van der Waals surface area (Å²) in [6.07, 6.45) is 5.71. The zero-order chi connectivity index (χ0) is 17.7. The second kappa shape index (κ2) is 11.3. The number of rotatable bonds is 10. The number of hydrogen-bond donors (Lipinski definition) is 2. The Balaban J connectivity index is 1.73. The standard InChI is InChI=1S/C19H29N5O/c1-3-25-15-7-11-22-19(20-2)23-12-10-18-21-13-14-24(18)16-17-8-5-4-6-9-17/h4-6,8-9,13-14H,3,7,10-12,15-16H2,1-2H3,(H2,20,22,23). The third kappa shape index (κ3) is 6.97. The highest BCUT2D eigenvalue weighted by Crippen LogP contribution is 2.05. The Bertz CT molecular complexity index is 624. The molecule has 6 heteroatoms. The van der Waals surface area contributed by atoms with E-state index in [0.717, 1.165) is 57.5 Å². The van der Waals surface area contributed by atoms with Crippen LogP contribution in [0.5, 0.6) is 0 Å². The van der Waals surface area contributed by atoms with Crippen molar-refractivity contribution in [3.05, 3.63) is 54.1 Å². The van der Waals surface area contributed by atoms with Gasteiger partial charge in [0, 0.05) is 58.7 Å². The fourth-order valence-electron chi connectivity index (χ4n) is 2.53. The van der Waals surface area contributed by atoms with Gasteiger partial charge in [-0.1, -0.05) is 30.3 Å². The molecule has 2 aromatic rings. The Hall–Kier alpha value is -2.34. The molecular formula is C19H29N5O. The first-order chi connectivity index (χ1) is 12.3. The Labute approximate surface area is 150 Å². The van der Waals surface area contributed by atoms with Gasteiger partial charge < -0.3 is 19.9 Å². The zero-order valence-electron chi connectivity index (χ0n) is 15.2.